The molecule has 2 saturated heterocycles. The Bertz CT molecular complexity index is 495. The van der Waals surface area contributed by atoms with Crippen molar-refractivity contribution in [1.82, 2.24) is 14.9 Å². The van der Waals surface area contributed by atoms with Crippen molar-refractivity contribution in [3.8, 4) is 0 Å². The lowest BCUT2D eigenvalue weighted by molar-refractivity contribution is 0.115. The van der Waals surface area contributed by atoms with Crippen molar-refractivity contribution in [1.29, 1.82) is 0 Å². The lowest BCUT2D eigenvalue weighted by Gasteiger charge is -2.48. The molecular weight excluding hydrogens is 330 g/mol. The van der Waals surface area contributed by atoms with Crippen LogP contribution >= 0.6 is 15.9 Å². The summed E-state index contributed by atoms with van der Waals surface area (Å²) in [6.07, 6.45) is 5.69. The first-order valence-electron chi connectivity index (χ1n) is 7.95. The number of rotatable bonds is 3. The van der Waals surface area contributed by atoms with Crippen LogP contribution in [0.15, 0.2) is 10.8 Å². The quantitative estimate of drug-likeness (QED) is 0.904. The highest BCUT2D eigenvalue weighted by molar-refractivity contribution is 9.10. The van der Waals surface area contributed by atoms with Crippen molar-refractivity contribution in [2.24, 2.45) is 0 Å². The second-order valence-corrected chi connectivity index (χ2v) is 6.83. The number of hydrogen-bond donors (Lipinski definition) is 1. The molecule has 2 atom stereocenters. The summed E-state index contributed by atoms with van der Waals surface area (Å²) in [5.41, 5.74) is 0. The third-order valence-electron chi connectivity index (χ3n) is 4.57. The molecule has 6 heteroatoms. The molecule has 1 aromatic rings. The number of anilines is 2. The van der Waals surface area contributed by atoms with Crippen LogP contribution in [0.4, 0.5) is 11.6 Å². The largest absolute Gasteiger partial charge is 0.369 e. The minimum atomic E-state index is 0.486. The molecule has 21 heavy (non-hydrogen) atoms. The topological polar surface area (TPSA) is 44.3 Å². The van der Waals surface area contributed by atoms with Gasteiger partial charge in [-0.3, -0.25) is 4.90 Å². The first kappa shape index (κ1) is 15.0. The Morgan fingerprint density at radius 2 is 2.19 bits per heavy atom. The minimum absolute atomic E-state index is 0.486. The third kappa shape index (κ3) is 3.01. The molecule has 0 amide bonds. The summed E-state index contributed by atoms with van der Waals surface area (Å²) in [5, 5.41) is 3.29. The molecule has 2 unspecified atom stereocenters. The Balaban J connectivity index is 1.84. The number of halogens is 1. The maximum atomic E-state index is 4.54. The van der Waals surface area contributed by atoms with Gasteiger partial charge in [0.2, 0.25) is 0 Å². The Hall–Kier alpha value is -0.880. The van der Waals surface area contributed by atoms with E-state index in [0.717, 1.165) is 35.7 Å². The summed E-state index contributed by atoms with van der Waals surface area (Å²) in [5.74, 6) is 1.92. The van der Waals surface area contributed by atoms with E-state index in [4.69, 9.17) is 0 Å². The molecule has 3 heterocycles. The summed E-state index contributed by atoms with van der Waals surface area (Å²) in [4.78, 5) is 14.0. The van der Waals surface area contributed by atoms with Gasteiger partial charge in [-0.25, -0.2) is 9.97 Å². The van der Waals surface area contributed by atoms with E-state index in [0.29, 0.717) is 12.1 Å². The van der Waals surface area contributed by atoms with E-state index in [1.165, 1.54) is 25.8 Å². The lowest BCUT2D eigenvalue weighted by atomic mass is 9.97. The predicted octanol–water partition coefficient (Wildman–Crippen LogP) is 2.73. The zero-order chi connectivity index (χ0) is 14.8. The van der Waals surface area contributed by atoms with Gasteiger partial charge in [-0.05, 0) is 49.2 Å². The van der Waals surface area contributed by atoms with Crippen LogP contribution in [0.3, 0.4) is 0 Å². The van der Waals surface area contributed by atoms with E-state index < -0.39 is 0 Å². The molecule has 5 nitrogen and oxygen atoms in total. The zero-order valence-corrected chi connectivity index (χ0v) is 14.4. The molecule has 2 aliphatic heterocycles. The number of nitrogens with zero attached hydrogens (tertiary/aromatic N) is 4. The highest BCUT2D eigenvalue weighted by Gasteiger charge is 2.34. The van der Waals surface area contributed by atoms with E-state index in [1.807, 2.05) is 0 Å². The van der Waals surface area contributed by atoms with Gasteiger partial charge in [-0.1, -0.05) is 6.42 Å². The van der Waals surface area contributed by atoms with Gasteiger partial charge >= 0.3 is 0 Å². The van der Waals surface area contributed by atoms with Crippen LogP contribution in [-0.4, -0.2) is 53.1 Å². The number of nitrogens with one attached hydrogen (secondary N) is 1. The van der Waals surface area contributed by atoms with Gasteiger partial charge in [-0.2, -0.15) is 0 Å². The summed E-state index contributed by atoms with van der Waals surface area (Å²) >= 11 is 3.69. The summed E-state index contributed by atoms with van der Waals surface area (Å²) in [7, 11) is 0. The van der Waals surface area contributed by atoms with E-state index in [2.05, 4.69) is 54.9 Å². The molecule has 0 bridgehead atoms. The van der Waals surface area contributed by atoms with Crippen molar-refractivity contribution in [3.05, 3.63) is 10.8 Å². The molecule has 2 fully saturated rings. The van der Waals surface area contributed by atoms with Crippen molar-refractivity contribution >= 4 is 27.6 Å². The number of hydrogen-bond acceptors (Lipinski definition) is 5. The molecule has 0 saturated carbocycles. The van der Waals surface area contributed by atoms with Crippen LogP contribution < -0.4 is 10.2 Å². The molecule has 0 aliphatic carbocycles. The van der Waals surface area contributed by atoms with E-state index >= 15 is 0 Å². The fourth-order valence-electron chi connectivity index (χ4n) is 3.50. The highest BCUT2D eigenvalue weighted by Crippen LogP contribution is 2.34. The van der Waals surface area contributed by atoms with Gasteiger partial charge in [0, 0.05) is 31.7 Å². The van der Waals surface area contributed by atoms with Crippen molar-refractivity contribution < 1.29 is 0 Å². The first-order chi connectivity index (χ1) is 10.2. The number of piperidine rings is 1. The average molecular weight is 354 g/mol. The first-order valence-corrected chi connectivity index (χ1v) is 8.75. The van der Waals surface area contributed by atoms with E-state index in [1.54, 1.807) is 6.33 Å². The Labute approximate surface area is 135 Å². The highest BCUT2D eigenvalue weighted by atomic mass is 79.9. The van der Waals surface area contributed by atoms with Gasteiger partial charge < -0.3 is 10.2 Å². The molecule has 0 radical (unpaired) electrons. The molecule has 116 valence electrons. The van der Waals surface area contributed by atoms with Crippen molar-refractivity contribution in [3.63, 3.8) is 0 Å². The second kappa shape index (κ2) is 6.48. The summed E-state index contributed by atoms with van der Waals surface area (Å²) < 4.78 is 0.989. The van der Waals surface area contributed by atoms with Crippen LogP contribution in [0.2, 0.25) is 0 Å². The van der Waals surface area contributed by atoms with Crippen LogP contribution in [0.25, 0.3) is 0 Å². The molecule has 1 aromatic heterocycles. The van der Waals surface area contributed by atoms with E-state index in [-0.39, 0.29) is 0 Å². The lowest BCUT2D eigenvalue weighted by Crippen LogP contribution is -2.59. The molecule has 2 aliphatic rings. The zero-order valence-electron chi connectivity index (χ0n) is 12.8. The number of piperazine rings is 1. The monoisotopic (exact) mass is 353 g/mol. The fraction of sp³-hybridized carbons (Fsp3) is 0.733. The Kier molecular flexibility index (Phi) is 4.64. The average Bonchev–Trinajstić information content (AvgIpc) is 2.49. The second-order valence-electron chi connectivity index (χ2n) is 6.04. The normalized spacial score (nSPS) is 26.5. The van der Waals surface area contributed by atoms with Crippen LogP contribution in [0.1, 0.15) is 33.1 Å². The smallest absolute Gasteiger partial charge is 0.148 e. The summed E-state index contributed by atoms with van der Waals surface area (Å²) in [6.45, 7) is 8.71. The number of fused-ring (bicyclic) bond motifs is 1. The Morgan fingerprint density at radius 3 is 3.00 bits per heavy atom. The fourth-order valence-corrected chi connectivity index (χ4v) is 4.07. The van der Waals surface area contributed by atoms with Gasteiger partial charge in [-0.15, -0.1) is 0 Å². The van der Waals surface area contributed by atoms with Gasteiger partial charge in [0.1, 0.15) is 22.4 Å². The minimum Gasteiger partial charge on any atom is -0.369 e. The third-order valence-corrected chi connectivity index (χ3v) is 5.30. The Morgan fingerprint density at radius 1 is 1.33 bits per heavy atom. The van der Waals surface area contributed by atoms with Crippen molar-refractivity contribution in [2.45, 2.75) is 45.2 Å². The predicted molar refractivity (Wildman–Crippen MR) is 89.9 cm³/mol. The van der Waals surface area contributed by atoms with Crippen LogP contribution in [-0.2, 0) is 0 Å². The van der Waals surface area contributed by atoms with E-state index in [9.17, 15) is 0 Å². The van der Waals surface area contributed by atoms with Crippen molar-refractivity contribution in [2.75, 3.05) is 36.4 Å². The van der Waals surface area contributed by atoms with Crippen LogP contribution in [0, 0.1) is 0 Å². The molecular formula is C15H24BrN5. The summed E-state index contributed by atoms with van der Waals surface area (Å²) in [6, 6.07) is 1.17. The number of aromatic nitrogens is 2. The van der Waals surface area contributed by atoms with Gasteiger partial charge in [0.15, 0.2) is 0 Å². The molecule has 0 spiro atoms. The van der Waals surface area contributed by atoms with Crippen LogP contribution in [0.5, 0.6) is 0 Å². The van der Waals surface area contributed by atoms with Gasteiger partial charge in [0.25, 0.3) is 0 Å². The molecule has 1 N–H and O–H groups in total. The standard InChI is InChI=1S/C15H24BrN5/c1-3-17-14-13(16)15(19-10-18-14)21-9-12-6-4-5-7-20(12)8-11(21)2/h10-12H,3-9H2,1-2H3,(H,17,18,19). The molecule has 3 rings (SSSR count). The SMILES string of the molecule is CCNc1ncnc(N2CC3CCCCN3CC2C)c1Br. The maximum Gasteiger partial charge on any atom is 0.148 e. The van der Waals surface area contributed by atoms with Gasteiger partial charge in [0.05, 0.1) is 0 Å². The molecule has 0 aromatic carbocycles. The maximum absolute atomic E-state index is 4.54.